The molecule has 0 radical (unpaired) electrons. The van der Waals surface area contributed by atoms with Crippen LogP contribution >= 0.6 is 11.3 Å². The lowest BCUT2D eigenvalue weighted by atomic mass is 10.1. The SMILES string of the molecule is COc1cc(C)c2ccsc2c1CO. The van der Waals surface area contributed by atoms with Gasteiger partial charge in [0.1, 0.15) is 5.75 Å². The number of fused-ring (bicyclic) bond motifs is 1. The molecule has 2 aromatic rings. The van der Waals surface area contributed by atoms with Crippen LogP contribution in [0.1, 0.15) is 11.1 Å². The molecule has 1 aromatic heterocycles. The quantitative estimate of drug-likeness (QED) is 0.822. The molecule has 14 heavy (non-hydrogen) atoms. The molecule has 1 N–H and O–H groups in total. The third-order valence-corrected chi connectivity index (χ3v) is 3.36. The van der Waals surface area contributed by atoms with Gasteiger partial charge in [-0.25, -0.2) is 0 Å². The first-order valence-electron chi connectivity index (χ1n) is 4.42. The van der Waals surface area contributed by atoms with Crippen molar-refractivity contribution in [2.45, 2.75) is 13.5 Å². The van der Waals surface area contributed by atoms with Crippen LogP contribution in [0.25, 0.3) is 10.1 Å². The molecule has 0 aliphatic carbocycles. The molecule has 74 valence electrons. The zero-order valence-corrected chi connectivity index (χ0v) is 9.02. The molecule has 0 amide bonds. The largest absolute Gasteiger partial charge is 0.496 e. The highest BCUT2D eigenvalue weighted by Gasteiger charge is 2.10. The summed E-state index contributed by atoms with van der Waals surface area (Å²) in [4.78, 5) is 0. The summed E-state index contributed by atoms with van der Waals surface area (Å²) in [6, 6.07) is 4.05. The summed E-state index contributed by atoms with van der Waals surface area (Å²) in [5.41, 5.74) is 2.08. The Balaban J connectivity index is 2.82. The van der Waals surface area contributed by atoms with Crippen LogP contribution in [0.15, 0.2) is 17.5 Å². The number of rotatable bonds is 2. The number of hydrogen-bond donors (Lipinski definition) is 1. The molecule has 0 unspecified atom stereocenters. The standard InChI is InChI=1S/C11H12O2S/c1-7-5-10(13-2)9(6-12)11-8(7)3-4-14-11/h3-5,12H,6H2,1-2H3. The van der Waals surface area contributed by atoms with Gasteiger partial charge in [0, 0.05) is 10.3 Å². The Bertz CT molecular complexity index is 460. The van der Waals surface area contributed by atoms with Crippen LogP contribution in [-0.2, 0) is 6.61 Å². The van der Waals surface area contributed by atoms with Crippen LogP contribution in [0.3, 0.4) is 0 Å². The highest BCUT2D eigenvalue weighted by Crippen LogP contribution is 2.34. The molecule has 0 saturated heterocycles. The number of hydrogen-bond acceptors (Lipinski definition) is 3. The van der Waals surface area contributed by atoms with Crippen molar-refractivity contribution in [1.29, 1.82) is 0 Å². The van der Waals surface area contributed by atoms with E-state index in [1.54, 1.807) is 18.4 Å². The monoisotopic (exact) mass is 208 g/mol. The third kappa shape index (κ3) is 1.29. The minimum atomic E-state index is 0.0282. The van der Waals surface area contributed by atoms with Crippen LogP contribution < -0.4 is 4.74 Å². The van der Waals surface area contributed by atoms with E-state index in [0.717, 1.165) is 16.0 Å². The number of aliphatic hydroxyl groups excluding tert-OH is 1. The molecule has 0 bridgehead atoms. The van der Waals surface area contributed by atoms with Crippen molar-refractivity contribution >= 4 is 21.4 Å². The lowest BCUT2D eigenvalue weighted by Gasteiger charge is -2.09. The number of benzene rings is 1. The maximum absolute atomic E-state index is 9.28. The van der Waals surface area contributed by atoms with Gasteiger partial charge in [-0.15, -0.1) is 11.3 Å². The van der Waals surface area contributed by atoms with E-state index in [1.165, 1.54) is 10.9 Å². The Morgan fingerprint density at radius 1 is 1.50 bits per heavy atom. The van der Waals surface area contributed by atoms with Crippen molar-refractivity contribution in [3.63, 3.8) is 0 Å². The Hall–Kier alpha value is -1.06. The van der Waals surface area contributed by atoms with Gasteiger partial charge in [0.25, 0.3) is 0 Å². The van der Waals surface area contributed by atoms with Crippen LogP contribution in [0.5, 0.6) is 5.75 Å². The highest BCUT2D eigenvalue weighted by molar-refractivity contribution is 7.17. The van der Waals surface area contributed by atoms with E-state index in [9.17, 15) is 5.11 Å². The molecule has 0 saturated carbocycles. The number of aryl methyl sites for hydroxylation is 1. The Morgan fingerprint density at radius 2 is 2.29 bits per heavy atom. The number of thiophene rings is 1. The van der Waals surface area contributed by atoms with Crippen LogP contribution in [0.4, 0.5) is 0 Å². The summed E-state index contributed by atoms with van der Waals surface area (Å²) in [6.45, 7) is 2.08. The second kappa shape index (κ2) is 3.59. The molecule has 1 aromatic carbocycles. The summed E-state index contributed by atoms with van der Waals surface area (Å²) in [7, 11) is 1.63. The Morgan fingerprint density at radius 3 is 2.93 bits per heavy atom. The van der Waals surface area contributed by atoms with Gasteiger partial charge >= 0.3 is 0 Å². The van der Waals surface area contributed by atoms with E-state index in [0.29, 0.717) is 0 Å². The minimum absolute atomic E-state index is 0.0282. The van der Waals surface area contributed by atoms with E-state index in [1.807, 2.05) is 11.4 Å². The fourth-order valence-corrected chi connectivity index (χ4v) is 2.66. The first-order valence-corrected chi connectivity index (χ1v) is 5.30. The molecule has 0 spiro atoms. The zero-order valence-electron chi connectivity index (χ0n) is 8.20. The normalized spacial score (nSPS) is 10.8. The maximum atomic E-state index is 9.28. The Kier molecular flexibility index (Phi) is 2.44. The molecule has 0 atom stereocenters. The van der Waals surface area contributed by atoms with Crippen LogP contribution in [-0.4, -0.2) is 12.2 Å². The molecule has 0 aliphatic rings. The lowest BCUT2D eigenvalue weighted by Crippen LogP contribution is -1.93. The second-order valence-corrected chi connectivity index (χ2v) is 4.11. The molecular weight excluding hydrogens is 196 g/mol. The van der Waals surface area contributed by atoms with Crippen molar-refractivity contribution < 1.29 is 9.84 Å². The average molecular weight is 208 g/mol. The summed E-state index contributed by atoms with van der Waals surface area (Å²) in [5, 5.41) is 12.5. The lowest BCUT2D eigenvalue weighted by molar-refractivity contribution is 0.275. The fourth-order valence-electron chi connectivity index (χ4n) is 1.66. The first kappa shape index (κ1) is 9.49. The van der Waals surface area contributed by atoms with E-state index in [2.05, 4.69) is 13.0 Å². The summed E-state index contributed by atoms with van der Waals surface area (Å²) in [6.07, 6.45) is 0. The minimum Gasteiger partial charge on any atom is -0.496 e. The molecule has 2 nitrogen and oxygen atoms in total. The van der Waals surface area contributed by atoms with Crippen LogP contribution in [0.2, 0.25) is 0 Å². The zero-order chi connectivity index (χ0) is 10.1. The molecule has 0 aliphatic heterocycles. The third-order valence-electron chi connectivity index (χ3n) is 2.39. The first-order chi connectivity index (χ1) is 6.77. The van der Waals surface area contributed by atoms with Crippen molar-refractivity contribution in [3.8, 4) is 5.75 Å². The van der Waals surface area contributed by atoms with E-state index in [-0.39, 0.29) is 6.61 Å². The van der Waals surface area contributed by atoms with Crippen LogP contribution in [0, 0.1) is 6.92 Å². The van der Waals surface area contributed by atoms with E-state index < -0.39 is 0 Å². The smallest absolute Gasteiger partial charge is 0.126 e. The van der Waals surface area contributed by atoms with Gasteiger partial charge in [0.05, 0.1) is 13.7 Å². The van der Waals surface area contributed by atoms with Gasteiger partial charge in [-0.3, -0.25) is 0 Å². The predicted octanol–water partition coefficient (Wildman–Crippen LogP) is 2.71. The molecule has 2 rings (SSSR count). The predicted molar refractivity (Wildman–Crippen MR) is 59.0 cm³/mol. The van der Waals surface area contributed by atoms with Gasteiger partial charge in [-0.05, 0) is 35.4 Å². The Labute approximate surface area is 86.8 Å². The molecule has 0 fully saturated rings. The van der Waals surface area contributed by atoms with Crippen molar-refractivity contribution in [3.05, 3.63) is 28.6 Å². The van der Waals surface area contributed by atoms with Gasteiger partial charge in [0.2, 0.25) is 0 Å². The molecule has 3 heteroatoms. The highest BCUT2D eigenvalue weighted by atomic mass is 32.1. The van der Waals surface area contributed by atoms with Gasteiger partial charge in [0.15, 0.2) is 0 Å². The topological polar surface area (TPSA) is 29.5 Å². The molecular formula is C11H12O2S. The van der Waals surface area contributed by atoms with Gasteiger partial charge in [-0.1, -0.05) is 0 Å². The van der Waals surface area contributed by atoms with Crippen molar-refractivity contribution in [2.24, 2.45) is 0 Å². The number of ether oxygens (including phenoxy) is 1. The maximum Gasteiger partial charge on any atom is 0.126 e. The molecule has 1 heterocycles. The van der Waals surface area contributed by atoms with E-state index in [4.69, 9.17) is 4.74 Å². The number of aliphatic hydroxyl groups is 1. The van der Waals surface area contributed by atoms with Gasteiger partial charge in [-0.2, -0.15) is 0 Å². The summed E-state index contributed by atoms with van der Waals surface area (Å²) >= 11 is 1.64. The summed E-state index contributed by atoms with van der Waals surface area (Å²) in [5.74, 6) is 0.778. The summed E-state index contributed by atoms with van der Waals surface area (Å²) < 4.78 is 6.37. The average Bonchev–Trinajstić information content (AvgIpc) is 2.66. The van der Waals surface area contributed by atoms with Crippen molar-refractivity contribution in [2.75, 3.05) is 7.11 Å². The fraction of sp³-hybridized carbons (Fsp3) is 0.273. The van der Waals surface area contributed by atoms with E-state index >= 15 is 0 Å². The number of methoxy groups -OCH3 is 1. The van der Waals surface area contributed by atoms with Crippen molar-refractivity contribution in [1.82, 2.24) is 0 Å². The van der Waals surface area contributed by atoms with Gasteiger partial charge < -0.3 is 9.84 Å². The second-order valence-electron chi connectivity index (χ2n) is 3.20.